The molecule has 3 nitrogen and oxygen atoms in total. The minimum atomic E-state index is -0.830. The van der Waals surface area contributed by atoms with Crippen LogP contribution >= 0.6 is 0 Å². The summed E-state index contributed by atoms with van der Waals surface area (Å²) in [6.07, 6.45) is 3.77. The molecule has 0 bridgehead atoms. The lowest BCUT2D eigenvalue weighted by atomic mass is 9.66. The highest BCUT2D eigenvalue weighted by molar-refractivity contribution is 5.91. The number of benzene rings is 1. The maximum Gasteiger partial charge on any atom is 0.303 e. The molecule has 1 atom stereocenters. The van der Waals surface area contributed by atoms with Gasteiger partial charge in [0, 0.05) is 12.8 Å². The molecule has 1 saturated carbocycles. The van der Waals surface area contributed by atoms with Gasteiger partial charge in [0.25, 0.3) is 0 Å². The first-order chi connectivity index (χ1) is 8.65. The molecule has 1 aromatic rings. The van der Waals surface area contributed by atoms with Gasteiger partial charge in [-0.2, -0.15) is 0 Å². The lowest BCUT2D eigenvalue weighted by Gasteiger charge is -2.36. The maximum atomic E-state index is 12.3. The van der Waals surface area contributed by atoms with E-state index >= 15 is 0 Å². The maximum absolute atomic E-state index is 12.3. The number of aliphatic carboxylic acids is 1. The van der Waals surface area contributed by atoms with Crippen molar-refractivity contribution in [3.05, 3.63) is 35.9 Å². The summed E-state index contributed by atoms with van der Waals surface area (Å²) in [5.41, 5.74) is 0.425. The van der Waals surface area contributed by atoms with Gasteiger partial charge in [-0.15, -0.1) is 0 Å². The summed E-state index contributed by atoms with van der Waals surface area (Å²) in [5.74, 6) is -0.620. The third-order valence-electron chi connectivity index (χ3n) is 3.88. The number of hydrogen-bond acceptors (Lipinski definition) is 2. The molecule has 1 aromatic carbocycles. The summed E-state index contributed by atoms with van der Waals surface area (Å²) in [7, 11) is 0. The number of carbonyl (C=O) groups excluding carboxylic acids is 1. The van der Waals surface area contributed by atoms with Crippen molar-refractivity contribution >= 4 is 11.8 Å². The third-order valence-corrected chi connectivity index (χ3v) is 3.88. The minimum absolute atomic E-state index is 0.0562. The molecule has 1 aliphatic carbocycles. The van der Waals surface area contributed by atoms with E-state index in [4.69, 9.17) is 5.11 Å². The number of carboxylic acids is 1. The second kappa shape index (κ2) is 5.34. The van der Waals surface area contributed by atoms with Gasteiger partial charge in [0.05, 0.1) is 5.41 Å². The van der Waals surface area contributed by atoms with Crippen molar-refractivity contribution in [2.45, 2.75) is 43.9 Å². The number of hydrogen-bond donors (Lipinski definition) is 1. The molecule has 0 aliphatic heterocycles. The van der Waals surface area contributed by atoms with E-state index in [1.54, 1.807) is 0 Å². The fraction of sp³-hybridized carbons (Fsp3) is 0.467. The average Bonchev–Trinajstić information content (AvgIpc) is 2.39. The fourth-order valence-corrected chi connectivity index (χ4v) is 2.88. The molecule has 0 aromatic heterocycles. The van der Waals surface area contributed by atoms with Crippen LogP contribution in [0.5, 0.6) is 0 Å². The van der Waals surface area contributed by atoms with E-state index in [0.29, 0.717) is 12.8 Å². The third kappa shape index (κ3) is 2.45. The van der Waals surface area contributed by atoms with E-state index in [1.807, 2.05) is 30.3 Å². The minimum Gasteiger partial charge on any atom is -0.481 e. The van der Waals surface area contributed by atoms with E-state index in [-0.39, 0.29) is 12.2 Å². The second-order valence-corrected chi connectivity index (χ2v) is 4.97. The quantitative estimate of drug-likeness (QED) is 0.888. The zero-order chi connectivity index (χ0) is 13.0. The van der Waals surface area contributed by atoms with Crippen LogP contribution in [0.3, 0.4) is 0 Å². The smallest absolute Gasteiger partial charge is 0.303 e. The van der Waals surface area contributed by atoms with E-state index < -0.39 is 11.4 Å². The van der Waals surface area contributed by atoms with Crippen LogP contribution in [-0.2, 0) is 15.0 Å². The van der Waals surface area contributed by atoms with E-state index in [2.05, 4.69) is 0 Å². The Morgan fingerprint density at radius 2 is 1.94 bits per heavy atom. The molecule has 1 N–H and O–H groups in total. The molecular formula is C15H18O3. The summed E-state index contributed by atoms with van der Waals surface area (Å²) in [4.78, 5) is 23.1. The van der Waals surface area contributed by atoms with E-state index in [9.17, 15) is 9.59 Å². The Morgan fingerprint density at radius 1 is 1.22 bits per heavy atom. The van der Waals surface area contributed by atoms with Crippen molar-refractivity contribution in [3.8, 4) is 0 Å². The number of carbonyl (C=O) groups is 2. The van der Waals surface area contributed by atoms with Crippen LogP contribution < -0.4 is 0 Å². The topological polar surface area (TPSA) is 54.4 Å². The molecular weight excluding hydrogens is 228 g/mol. The highest BCUT2D eigenvalue weighted by atomic mass is 16.4. The van der Waals surface area contributed by atoms with Crippen molar-refractivity contribution < 1.29 is 14.7 Å². The molecule has 0 unspecified atom stereocenters. The zero-order valence-electron chi connectivity index (χ0n) is 10.4. The molecule has 0 spiro atoms. The van der Waals surface area contributed by atoms with Gasteiger partial charge < -0.3 is 5.11 Å². The molecule has 0 radical (unpaired) electrons. The number of carboxylic acid groups (broad SMARTS) is 1. The zero-order valence-corrected chi connectivity index (χ0v) is 10.4. The molecule has 0 saturated heterocycles. The van der Waals surface area contributed by atoms with Crippen molar-refractivity contribution in [1.82, 2.24) is 0 Å². The van der Waals surface area contributed by atoms with Crippen LogP contribution in [0.1, 0.15) is 44.1 Å². The molecule has 0 amide bonds. The Labute approximate surface area is 107 Å². The lowest BCUT2D eigenvalue weighted by molar-refractivity contribution is -0.138. The first kappa shape index (κ1) is 12.8. The van der Waals surface area contributed by atoms with Crippen LogP contribution in [-0.4, -0.2) is 16.9 Å². The molecule has 96 valence electrons. The summed E-state index contributed by atoms with van der Waals surface area (Å²) < 4.78 is 0. The van der Waals surface area contributed by atoms with Crippen LogP contribution in [0.2, 0.25) is 0 Å². The van der Waals surface area contributed by atoms with Crippen molar-refractivity contribution in [1.29, 1.82) is 0 Å². The van der Waals surface area contributed by atoms with Crippen LogP contribution in [0.25, 0.3) is 0 Å². The monoisotopic (exact) mass is 246 g/mol. The number of Topliss-reactive ketones (excluding diaryl/α,β-unsaturated/α-hetero) is 1. The standard InChI is InChI=1S/C15H18O3/c16-13-8-4-5-10-15(13,11-9-14(17)18)12-6-2-1-3-7-12/h1-3,6-7H,4-5,8-11H2,(H,17,18)/t15-/m1/s1. The highest BCUT2D eigenvalue weighted by Crippen LogP contribution is 2.40. The fourth-order valence-electron chi connectivity index (χ4n) is 2.88. The van der Waals surface area contributed by atoms with Crippen LogP contribution in [0, 0.1) is 0 Å². The first-order valence-electron chi connectivity index (χ1n) is 6.46. The molecule has 0 heterocycles. The number of ketones is 1. The Kier molecular flexibility index (Phi) is 3.80. The summed E-state index contributed by atoms with van der Waals surface area (Å²) in [6, 6.07) is 9.65. The van der Waals surface area contributed by atoms with Crippen molar-refractivity contribution in [2.24, 2.45) is 0 Å². The molecule has 3 heteroatoms. The van der Waals surface area contributed by atoms with Gasteiger partial charge in [0.15, 0.2) is 0 Å². The number of rotatable bonds is 4. The van der Waals surface area contributed by atoms with Gasteiger partial charge in [-0.1, -0.05) is 36.8 Å². The molecule has 2 rings (SSSR count). The van der Waals surface area contributed by atoms with Crippen LogP contribution in [0.4, 0.5) is 0 Å². The largest absolute Gasteiger partial charge is 0.481 e. The molecule has 18 heavy (non-hydrogen) atoms. The Bertz CT molecular complexity index is 438. The van der Waals surface area contributed by atoms with Gasteiger partial charge in [-0.25, -0.2) is 0 Å². The Balaban J connectivity index is 2.32. The van der Waals surface area contributed by atoms with Gasteiger partial charge in [0.2, 0.25) is 0 Å². The lowest BCUT2D eigenvalue weighted by Crippen LogP contribution is -2.39. The van der Waals surface area contributed by atoms with Gasteiger partial charge in [-0.05, 0) is 24.8 Å². The molecule has 1 fully saturated rings. The van der Waals surface area contributed by atoms with Crippen molar-refractivity contribution in [3.63, 3.8) is 0 Å². The summed E-state index contributed by atoms with van der Waals surface area (Å²) in [6.45, 7) is 0. The van der Waals surface area contributed by atoms with Gasteiger partial charge in [0.1, 0.15) is 5.78 Å². The van der Waals surface area contributed by atoms with Crippen molar-refractivity contribution in [2.75, 3.05) is 0 Å². The predicted molar refractivity (Wildman–Crippen MR) is 68.5 cm³/mol. The predicted octanol–water partition coefficient (Wildman–Crippen LogP) is 2.93. The Morgan fingerprint density at radius 3 is 2.56 bits per heavy atom. The van der Waals surface area contributed by atoms with Crippen LogP contribution in [0.15, 0.2) is 30.3 Å². The normalized spacial score (nSPS) is 23.9. The van der Waals surface area contributed by atoms with Gasteiger partial charge >= 0.3 is 5.97 Å². The first-order valence-corrected chi connectivity index (χ1v) is 6.46. The van der Waals surface area contributed by atoms with Gasteiger partial charge in [-0.3, -0.25) is 9.59 Å². The highest BCUT2D eigenvalue weighted by Gasteiger charge is 2.41. The van der Waals surface area contributed by atoms with E-state index in [0.717, 1.165) is 24.8 Å². The summed E-state index contributed by atoms with van der Waals surface area (Å²) in [5, 5.41) is 8.88. The summed E-state index contributed by atoms with van der Waals surface area (Å²) >= 11 is 0. The van der Waals surface area contributed by atoms with E-state index in [1.165, 1.54) is 0 Å². The second-order valence-electron chi connectivity index (χ2n) is 4.97. The Hall–Kier alpha value is -1.64. The average molecular weight is 246 g/mol. The molecule has 1 aliphatic rings. The SMILES string of the molecule is O=C(O)CC[C@@]1(c2ccccc2)CCCCC1=O.